The summed E-state index contributed by atoms with van der Waals surface area (Å²) in [5, 5.41) is 10.9. The monoisotopic (exact) mass is 627 g/mol. The van der Waals surface area contributed by atoms with Crippen molar-refractivity contribution in [2.45, 2.75) is 52.1 Å². The van der Waals surface area contributed by atoms with Gasteiger partial charge in [0, 0.05) is 37.1 Å². The third-order valence-electron chi connectivity index (χ3n) is 7.08. The van der Waals surface area contributed by atoms with Crippen molar-refractivity contribution in [1.82, 2.24) is 34.4 Å². The van der Waals surface area contributed by atoms with E-state index in [2.05, 4.69) is 15.5 Å². The van der Waals surface area contributed by atoms with Gasteiger partial charge in [-0.15, -0.1) is 5.10 Å². The van der Waals surface area contributed by atoms with Gasteiger partial charge in [-0.1, -0.05) is 30.3 Å². The summed E-state index contributed by atoms with van der Waals surface area (Å²) in [7, 11) is 1.53. The van der Waals surface area contributed by atoms with Crippen LogP contribution in [0.1, 0.15) is 31.5 Å². The molecule has 1 N–H and O–H groups in total. The number of fused-ring (bicyclic) bond motifs is 2. The van der Waals surface area contributed by atoms with Crippen LogP contribution in [0.15, 0.2) is 54.9 Å². The molecule has 0 saturated carbocycles. The zero-order valence-corrected chi connectivity index (χ0v) is 24.5. The summed E-state index contributed by atoms with van der Waals surface area (Å²) in [6, 6.07) is 12.4. The van der Waals surface area contributed by atoms with Gasteiger partial charge in [0.15, 0.2) is 0 Å². The molecule has 0 unspecified atom stereocenters. The Morgan fingerprint density at radius 2 is 1.84 bits per heavy atom. The Hall–Kier alpha value is -5.08. The predicted octanol–water partition coefficient (Wildman–Crippen LogP) is 5.73. The fourth-order valence-corrected chi connectivity index (χ4v) is 5.38. The number of benzene rings is 1. The molecule has 3 aliphatic heterocycles. The van der Waals surface area contributed by atoms with E-state index in [1.807, 2.05) is 34.9 Å². The lowest BCUT2D eigenvalue weighted by atomic mass is 9.98. The molecule has 1 amide bonds. The number of aryl methyl sites for hydroxylation is 1. The van der Waals surface area contributed by atoms with E-state index in [0.29, 0.717) is 17.9 Å². The number of amides is 1. The molecule has 5 heterocycles. The van der Waals surface area contributed by atoms with Crippen LogP contribution in [0.5, 0.6) is 11.8 Å². The van der Waals surface area contributed by atoms with Crippen LogP contribution in [0.3, 0.4) is 0 Å². The zero-order chi connectivity index (χ0) is 31.8. The van der Waals surface area contributed by atoms with Gasteiger partial charge in [-0.25, -0.2) is 23.2 Å². The summed E-state index contributed by atoms with van der Waals surface area (Å²) in [5.74, 6) is 0.0135. The minimum atomic E-state index is -3.19. The molecule has 11 nitrogen and oxygen atoms in total. The van der Waals surface area contributed by atoms with E-state index in [9.17, 15) is 22.4 Å². The van der Waals surface area contributed by atoms with Gasteiger partial charge >= 0.3 is 12.7 Å². The topological polar surface area (TPSA) is 110 Å². The number of rotatable bonds is 9. The van der Waals surface area contributed by atoms with E-state index in [0.717, 1.165) is 5.56 Å². The largest absolute Gasteiger partial charge is 0.475 e. The van der Waals surface area contributed by atoms with Crippen LogP contribution in [-0.2, 0) is 24.9 Å². The molecule has 0 radical (unpaired) electrons. The minimum absolute atomic E-state index is 0.000499. The van der Waals surface area contributed by atoms with Gasteiger partial charge in [0.1, 0.15) is 18.1 Å². The molecule has 0 fully saturated rings. The molecule has 236 valence electrons. The van der Waals surface area contributed by atoms with E-state index in [-0.39, 0.29) is 47.5 Å². The Balaban J connectivity index is 1.52. The highest BCUT2D eigenvalue weighted by molar-refractivity contribution is 5.97. The van der Waals surface area contributed by atoms with Gasteiger partial charge in [-0.2, -0.15) is 13.9 Å². The van der Waals surface area contributed by atoms with E-state index in [4.69, 9.17) is 19.2 Å². The van der Waals surface area contributed by atoms with E-state index in [1.54, 1.807) is 32.2 Å². The van der Waals surface area contributed by atoms with Gasteiger partial charge in [0.25, 0.3) is 6.43 Å². The molecule has 0 aliphatic carbocycles. The van der Waals surface area contributed by atoms with Crippen molar-refractivity contribution >= 4 is 6.09 Å². The Morgan fingerprint density at radius 1 is 1.07 bits per heavy atom. The second-order valence-corrected chi connectivity index (χ2v) is 10.7. The van der Waals surface area contributed by atoms with Crippen LogP contribution in [0.25, 0.3) is 33.8 Å². The highest BCUT2D eigenvalue weighted by atomic mass is 19.3. The number of hydrogen-bond donors (Lipinski definition) is 1. The Labute approximate surface area is 254 Å². The maximum atomic E-state index is 14.7. The summed E-state index contributed by atoms with van der Waals surface area (Å²) >= 11 is 0. The number of nitrogens with one attached hydrogen (secondary N) is 1. The molecule has 0 saturated heterocycles. The molecule has 3 aromatic rings. The number of nitrogens with zero attached hydrogens (tertiary/aromatic N) is 6. The molecule has 15 heteroatoms. The summed E-state index contributed by atoms with van der Waals surface area (Å²) in [6.45, 7) is 0.549. The molecule has 0 bridgehead atoms. The lowest BCUT2D eigenvalue weighted by Crippen LogP contribution is -2.45. The summed E-state index contributed by atoms with van der Waals surface area (Å²) < 4.78 is 76.5. The lowest BCUT2D eigenvalue weighted by molar-refractivity contribution is -0.0527. The number of pyridine rings is 1. The first kappa shape index (κ1) is 30.0. The average molecular weight is 628 g/mol. The van der Waals surface area contributed by atoms with Crippen molar-refractivity contribution in [1.29, 1.82) is 0 Å². The van der Waals surface area contributed by atoms with Gasteiger partial charge in [0.05, 0.1) is 35.5 Å². The third kappa shape index (κ3) is 6.01. The van der Waals surface area contributed by atoms with Crippen LogP contribution in [0.4, 0.5) is 22.4 Å². The van der Waals surface area contributed by atoms with Gasteiger partial charge in [-0.3, -0.25) is 4.68 Å². The molecule has 0 spiro atoms. The van der Waals surface area contributed by atoms with E-state index in [1.165, 1.54) is 22.6 Å². The van der Waals surface area contributed by atoms with E-state index >= 15 is 0 Å². The number of carbonyl (C=O) groups excluding carboxylic acids is 1. The standard InChI is InChI=1S/C30H29F4N7O4/c1-16(2)44-30(42)35-18-13-41-28(43-15-18)22(24(37-41)25(31)32)23-21(20-14-39(3)38-27(20)45-29(33)34)19-10-7-11-40(26(19)36-23)12-17-8-5-4-6-9-17/h4-11,14,16,18,25,29H,12-13,15H2,1-3H3,(H,35,42)/t18-/m0/s1. The van der Waals surface area contributed by atoms with Crippen molar-refractivity contribution in [2.24, 2.45) is 7.05 Å². The van der Waals surface area contributed by atoms with E-state index < -0.39 is 36.7 Å². The molecule has 3 aliphatic rings. The van der Waals surface area contributed by atoms with Gasteiger partial charge < -0.3 is 24.1 Å². The number of aromatic nitrogens is 6. The van der Waals surface area contributed by atoms with Crippen LogP contribution >= 0.6 is 0 Å². The van der Waals surface area contributed by atoms with Gasteiger partial charge in [-0.05, 0) is 31.5 Å². The van der Waals surface area contributed by atoms with Crippen molar-refractivity contribution < 1.29 is 36.6 Å². The highest BCUT2D eigenvalue weighted by Crippen LogP contribution is 2.49. The quantitative estimate of drug-likeness (QED) is 0.208. The van der Waals surface area contributed by atoms with Crippen LogP contribution in [0, 0.1) is 0 Å². The first-order valence-electron chi connectivity index (χ1n) is 14.1. The van der Waals surface area contributed by atoms with Crippen molar-refractivity contribution in [3.05, 3.63) is 66.1 Å². The molecule has 6 rings (SSSR count). The minimum Gasteiger partial charge on any atom is -0.475 e. The maximum absolute atomic E-state index is 14.7. The van der Waals surface area contributed by atoms with Crippen LogP contribution in [-0.4, -0.2) is 60.6 Å². The van der Waals surface area contributed by atoms with Crippen molar-refractivity contribution in [3.8, 4) is 45.5 Å². The molecule has 45 heavy (non-hydrogen) atoms. The number of alkyl carbamates (subject to hydrolysis) is 1. The summed E-state index contributed by atoms with van der Waals surface area (Å²) in [5.41, 5.74) is 1.14. The second kappa shape index (κ2) is 12.1. The maximum Gasteiger partial charge on any atom is 0.407 e. The Bertz CT molecular complexity index is 1780. The number of alkyl halides is 4. The molecular weight excluding hydrogens is 598 g/mol. The Morgan fingerprint density at radius 3 is 2.56 bits per heavy atom. The fraction of sp³-hybridized carbons (Fsp3) is 0.333. The average Bonchev–Trinajstić information content (AvgIpc) is 3.65. The third-order valence-corrected chi connectivity index (χ3v) is 7.08. The summed E-state index contributed by atoms with van der Waals surface area (Å²) in [6.07, 6.45) is -0.834. The molecule has 2 aromatic heterocycles. The highest BCUT2D eigenvalue weighted by Gasteiger charge is 2.37. The van der Waals surface area contributed by atoms with Gasteiger partial charge in [0.2, 0.25) is 11.8 Å². The van der Waals surface area contributed by atoms with Crippen LogP contribution < -0.4 is 14.8 Å². The molecule has 1 atom stereocenters. The van der Waals surface area contributed by atoms with Crippen molar-refractivity contribution in [3.63, 3.8) is 0 Å². The first-order valence-corrected chi connectivity index (χ1v) is 14.1. The SMILES string of the molecule is CC(C)OC(=O)N[C@@H]1COc2c(-c3nc4n(Cc5ccccc5)cccc-4c3-c3cn(C)nc3OC(F)F)c(C(F)F)nn2C1. The smallest absolute Gasteiger partial charge is 0.407 e. The van der Waals surface area contributed by atoms with Crippen LogP contribution in [0.2, 0.25) is 0 Å². The molecule has 1 aromatic carbocycles. The zero-order valence-electron chi connectivity index (χ0n) is 24.5. The number of halogens is 4. The lowest BCUT2D eigenvalue weighted by Gasteiger charge is -2.25. The fourth-order valence-electron chi connectivity index (χ4n) is 5.38. The number of carbonyl (C=O) groups is 1. The second-order valence-electron chi connectivity index (χ2n) is 10.7. The molecular formula is C30H29F4N7O4. The summed E-state index contributed by atoms with van der Waals surface area (Å²) in [4.78, 5) is 17.0. The Kier molecular flexibility index (Phi) is 8.08. The predicted molar refractivity (Wildman–Crippen MR) is 153 cm³/mol. The normalized spacial score (nSPS) is 14.7. The first-order chi connectivity index (χ1) is 21.6. The van der Waals surface area contributed by atoms with Crippen molar-refractivity contribution in [2.75, 3.05) is 6.61 Å². The number of hydrogen-bond acceptors (Lipinski definition) is 7. The number of ether oxygens (including phenoxy) is 3.